The van der Waals surface area contributed by atoms with Gasteiger partial charge in [-0.15, -0.1) is 0 Å². The van der Waals surface area contributed by atoms with E-state index < -0.39 is 5.97 Å². The minimum Gasteiger partial charge on any atom is -0.478 e. The number of carboxylic acids is 1. The van der Waals surface area contributed by atoms with Crippen LogP contribution in [0.3, 0.4) is 0 Å². The topological polar surface area (TPSA) is 62.2 Å². The molecule has 1 saturated carbocycles. The molecule has 2 heterocycles. The maximum absolute atomic E-state index is 11.0. The maximum Gasteiger partial charge on any atom is 0.337 e. The highest BCUT2D eigenvalue weighted by Crippen LogP contribution is 2.52. The summed E-state index contributed by atoms with van der Waals surface area (Å²) in [4.78, 5) is 15.4. The molecule has 2 N–H and O–H groups in total. The monoisotopic (exact) mass is 308 g/mol. The van der Waals surface area contributed by atoms with Crippen molar-refractivity contribution in [3.63, 3.8) is 0 Å². The van der Waals surface area contributed by atoms with Crippen molar-refractivity contribution in [2.24, 2.45) is 5.92 Å². The summed E-state index contributed by atoms with van der Waals surface area (Å²) in [7, 11) is 0. The molecule has 0 spiro atoms. The van der Waals surface area contributed by atoms with Crippen LogP contribution in [-0.4, -0.2) is 16.1 Å². The number of hydrogen-bond acceptors (Lipinski definition) is 3. The second-order valence-corrected chi connectivity index (χ2v) is 6.69. The highest BCUT2D eigenvalue weighted by atomic mass is 16.4. The number of carboxylic acid groups (broad SMARTS) is 1. The number of nitrogens with zero attached hydrogens (tertiary/aromatic N) is 1. The van der Waals surface area contributed by atoms with Gasteiger partial charge in [-0.2, -0.15) is 0 Å². The average Bonchev–Trinajstić information content (AvgIpc) is 3.04. The van der Waals surface area contributed by atoms with E-state index in [4.69, 9.17) is 5.11 Å². The number of anilines is 1. The molecule has 1 aliphatic carbocycles. The van der Waals surface area contributed by atoms with Gasteiger partial charge in [0.25, 0.3) is 0 Å². The Morgan fingerprint density at radius 2 is 2.13 bits per heavy atom. The second-order valence-electron chi connectivity index (χ2n) is 6.69. The molecule has 0 amide bonds. The quantitative estimate of drug-likeness (QED) is 0.875. The van der Waals surface area contributed by atoms with Crippen LogP contribution in [0.5, 0.6) is 0 Å². The normalized spacial score (nSPS) is 25.3. The molecule has 4 heteroatoms. The summed E-state index contributed by atoms with van der Waals surface area (Å²) >= 11 is 0. The lowest BCUT2D eigenvalue weighted by atomic mass is 9.78. The molecule has 1 aliphatic heterocycles. The number of aromatic carboxylic acids is 1. The van der Waals surface area contributed by atoms with Crippen molar-refractivity contribution in [1.29, 1.82) is 0 Å². The first-order valence-corrected chi connectivity index (χ1v) is 8.20. The summed E-state index contributed by atoms with van der Waals surface area (Å²) < 4.78 is 0. The summed E-state index contributed by atoms with van der Waals surface area (Å²) in [5.74, 6) is 0.185. The Kier molecular flexibility index (Phi) is 3.33. The van der Waals surface area contributed by atoms with Gasteiger partial charge in [-0.25, -0.2) is 4.79 Å². The first-order valence-electron chi connectivity index (χ1n) is 8.20. The van der Waals surface area contributed by atoms with Crippen molar-refractivity contribution in [3.8, 4) is 0 Å². The van der Waals surface area contributed by atoms with Crippen LogP contribution in [0.1, 0.15) is 58.4 Å². The van der Waals surface area contributed by atoms with E-state index in [1.165, 1.54) is 42.3 Å². The average molecular weight is 308 g/mol. The van der Waals surface area contributed by atoms with Crippen molar-refractivity contribution in [3.05, 3.63) is 58.9 Å². The lowest BCUT2D eigenvalue weighted by Crippen LogP contribution is -2.29. The molecular formula is C19H20N2O2. The van der Waals surface area contributed by atoms with Crippen LogP contribution in [0.25, 0.3) is 0 Å². The Bertz CT molecular complexity index is 754. The Morgan fingerprint density at radius 1 is 1.26 bits per heavy atom. The third-order valence-corrected chi connectivity index (χ3v) is 5.27. The summed E-state index contributed by atoms with van der Waals surface area (Å²) in [6.45, 7) is 2.14. The molecule has 0 saturated heterocycles. The van der Waals surface area contributed by atoms with Crippen LogP contribution >= 0.6 is 0 Å². The lowest BCUT2D eigenvalue weighted by Gasteiger charge is -2.37. The number of hydrogen-bond donors (Lipinski definition) is 2. The fraction of sp³-hybridized carbons (Fsp3) is 0.368. The third kappa shape index (κ3) is 2.38. The number of carbonyl (C=O) groups is 1. The zero-order chi connectivity index (χ0) is 16.0. The number of fused-ring (bicyclic) bond motifs is 3. The lowest BCUT2D eigenvalue weighted by molar-refractivity contribution is 0.0696. The molecule has 0 radical (unpaired) electrons. The van der Waals surface area contributed by atoms with E-state index in [2.05, 4.69) is 35.4 Å². The number of pyridine rings is 1. The van der Waals surface area contributed by atoms with E-state index in [0.717, 1.165) is 5.69 Å². The molecule has 118 valence electrons. The van der Waals surface area contributed by atoms with E-state index in [-0.39, 0.29) is 11.6 Å². The van der Waals surface area contributed by atoms with Gasteiger partial charge in [-0.1, -0.05) is 24.1 Å². The van der Waals surface area contributed by atoms with E-state index in [1.807, 2.05) is 6.07 Å². The fourth-order valence-corrected chi connectivity index (χ4v) is 4.18. The van der Waals surface area contributed by atoms with E-state index in [0.29, 0.717) is 11.8 Å². The van der Waals surface area contributed by atoms with Crippen molar-refractivity contribution >= 4 is 11.7 Å². The van der Waals surface area contributed by atoms with Crippen molar-refractivity contribution < 1.29 is 9.90 Å². The van der Waals surface area contributed by atoms with Gasteiger partial charge >= 0.3 is 5.97 Å². The molecule has 23 heavy (non-hydrogen) atoms. The van der Waals surface area contributed by atoms with Crippen molar-refractivity contribution in [1.82, 2.24) is 4.98 Å². The smallest absolute Gasteiger partial charge is 0.337 e. The van der Waals surface area contributed by atoms with Gasteiger partial charge in [0.05, 0.1) is 17.3 Å². The molecule has 0 unspecified atom stereocenters. The van der Waals surface area contributed by atoms with Crippen molar-refractivity contribution in [2.45, 2.75) is 38.1 Å². The predicted molar refractivity (Wildman–Crippen MR) is 88.8 cm³/mol. The number of benzene rings is 1. The molecule has 2 aliphatic rings. The molecular weight excluding hydrogens is 288 g/mol. The Labute approximate surface area is 135 Å². The number of rotatable bonds is 2. The number of aryl methyl sites for hydroxylation is 1. The van der Waals surface area contributed by atoms with E-state index >= 15 is 0 Å². The number of aromatic nitrogens is 1. The van der Waals surface area contributed by atoms with Gasteiger partial charge < -0.3 is 10.4 Å². The maximum atomic E-state index is 11.0. The summed E-state index contributed by atoms with van der Waals surface area (Å²) in [5.41, 5.74) is 5.12. The molecule has 4 nitrogen and oxygen atoms in total. The van der Waals surface area contributed by atoms with Gasteiger partial charge in [0, 0.05) is 11.9 Å². The summed E-state index contributed by atoms with van der Waals surface area (Å²) in [6.07, 6.45) is 5.13. The van der Waals surface area contributed by atoms with Crippen LogP contribution in [0.4, 0.5) is 5.69 Å². The molecule has 4 rings (SSSR count). The Morgan fingerprint density at radius 3 is 2.87 bits per heavy atom. The van der Waals surface area contributed by atoms with Gasteiger partial charge in [0.2, 0.25) is 0 Å². The highest BCUT2D eigenvalue weighted by Gasteiger charge is 2.40. The van der Waals surface area contributed by atoms with Crippen LogP contribution < -0.4 is 5.32 Å². The Balaban J connectivity index is 1.72. The molecule has 3 atom stereocenters. The Hall–Kier alpha value is -2.36. The molecule has 0 bridgehead atoms. The van der Waals surface area contributed by atoms with Gasteiger partial charge in [-0.05, 0) is 55.4 Å². The highest BCUT2D eigenvalue weighted by molar-refractivity contribution is 5.87. The standard InChI is InChI=1S/C19H20N2O2/c1-11-5-7-16-15(9-11)13-3-2-4-14(13)18(21-16)17-8-6-12(10-20-17)19(22)23/h5-10,13-14,18,21H,2-4H2,1H3,(H,22,23)/t13-,14+,18-/m1/s1. The zero-order valence-electron chi connectivity index (χ0n) is 13.1. The van der Waals surface area contributed by atoms with E-state index in [9.17, 15) is 4.79 Å². The predicted octanol–water partition coefficient (Wildman–Crippen LogP) is 4.14. The summed E-state index contributed by atoms with van der Waals surface area (Å²) in [6, 6.07) is 10.3. The van der Waals surface area contributed by atoms with Gasteiger partial charge in [0.15, 0.2) is 0 Å². The molecule has 1 aromatic heterocycles. The SMILES string of the molecule is Cc1ccc2c(c1)[C@@H]1CCC[C@@H]1[C@H](c1ccc(C(=O)O)cn1)N2. The first kappa shape index (κ1) is 14.2. The van der Waals surface area contributed by atoms with Gasteiger partial charge in [-0.3, -0.25) is 4.98 Å². The third-order valence-electron chi connectivity index (χ3n) is 5.27. The number of nitrogens with one attached hydrogen (secondary N) is 1. The summed E-state index contributed by atoms with van der Waals surface area (Å²) in [5, 5.41) is 12.7. The fourth-order valence-electron chi connectivity index (χ4n) is 4.18. The largest absolute Gasteiger partial charge is 0.478 e. The minimum atomic E-state index is -0.930. The molecule has 1 aromatic carbocycles. The van der Waals surface area contributed by atoms with Crippen LogP contribution in [0, 0.1) is 12.8 Å². The van der Waals surface area contributed by atoms with E-state index in [1.54, 1.807) is 6.07 Å². The van der Waals surface area contributed by atoms with Crippen molar-refractivity contribution in [2.75, 3.05) is 5.32 Å². The molecule has 1 fully saturated rings. The van der Waals surface area contributed by atoms with Gasteiger partial charge in [0.1, 0.15) is 0 Å². The van der Waals surface area contributed by atoms with Crippen LogP contribution in [0.15, 0.2) is 36.5 Å². The molecule has 2 aromatic rings. The van der Waals surface area contributed by atoms with Crippen LogP contribution in [0.2, 0.25) is 0 Å². The first-order chi connectivity index (χ1) is 11.1. The minimum absolute atomic E-state index is 0.167. The zero-order valence-corrected chi connectivity index (χ0v) is 13.1. The van der Waals surface area contributed by atoms with Crippen LogP contribution in [-0.2, 0) is 0 Å². The second kappa shape index (κ2) is 5.37.